The van der Waals surface area contributed by atoms with Gasteiger partial charge in [-0.3, -0.25) is 10.2 Å². The van der Waals surface area contributed by atoms with Crippen LogP contribution in [0.5, 0.6) is 5.75 Å². The van der Waals surface area contributed by atoms with Gasteiger partial charge in [0.25, 0.3) is 5.91 Å². The Morgan fingerprint density at radius 1 is 1.24 bits per heavy atom. The van der Waals surface area contributed by atoms with Gasteiger partial charge in [-0.05, 0) is 39.3 Å². The highest BCUT2D eigenvalue weighted by atomic mass is 16.6. The molecule has 2 rings (SSSR count). The smallest absolute Gasteiger partial charge is 0.410 e. The molecule has 1 aromatic rings. The predicted molar refractivity (Wildman–Crippen MR) is 94.3 cm³/mol. The van der Waals surface area contributed by atoms with Crippen molar-refractivity contribution in [1.82, 2.24) is 10.3 Å². The van der Waals surface area contributed by atoms with Crippen molar-refractivity contribution in [3.8, 4) is 5.75 Å². The van der Waals surface area contributed by atoms with E-state index in [-0.39, 0.29) is 18.1 Å². The summed E-state index contributed by atoms with van der Waals surface area (Å²) in [5, 5.41) is 0. The summed E-state index contributed by atoms with van der Waals surface area (Å²) in [6, 6.07) is 5.44. The number of benzene rings is 1. The first-order valence-corrected chi connectivity index (χ1v) is 8.46. The second-order valence-electron chi connectivity index (χ2n) is 7.21. The molecule has 0 radical (unpaired) electrons. The molecule has 7 nitrogen and oxygen atoms in total. The number of carbonyl (C=O) groups excluding carboxylic acids is 2. The van der Waals surface area contributed by atoms with E-state index >= 15 is 0 Å². The van der Waals surface area contributed by atoms with E-state index in [1.54, 1.807) is 11.0 Å². The molecule has 1 aliphatic heterocycles. The Balaban J connectivity index is 1.98. The molecule has 0 bridgehead atoms. The van der Waals surface area contributed by atoms with E-state index in [9.17, 15) is 9.59 Å². The molecule has 0 spiro atoms. The van der Waals surface area contributed by atoms with Crippen LogP contribution in [-0.4, -0.2) is 41.7 Å². The summed E-state index contributed by atoms with van der Waals surface area (Å²) in [6.45, 7) is 8.50. The first-order valence-electron chi connectivity index (χ1n) is 8.46. The molecule has 138 valence electrons. The van der Waals surface area contributed by atoms with Gasteiger partial charge in [0, 0.05) is 25.9 Å². The molecule has 1 fully saturated rings. The van der Waals surface area contributed by atoms with Crippen LogP contribution in [0.3, 0.4) is 0 Å². The van der Waals surface area contributed by atoms with Gasteiger partial charge < -0.3 is 14.4 Å². The molecule has 3 N–H and O–H groups in total. The fourth-order valence-corrected chi connectivity index (χ4v) is 2.76. The van der Waals surface area contributed by atoms with Crippen molar-refractivity contribution in [3.63, 3.8) is 0 Å². The first kappa shape index (κ1) is 19.1. The SMILES string of the molecule is Cc1cccc(OC2CCN(C(=O)OC(C)(C)C)CC2)c1C(=O)NN. The van der Waals surface area contributed by atoms with Crippen LogP contribution in [0.4, 0.5) is 4.79 Å². The second kappa shape index (κ2) is 7.74. The van der Waals surface area contributed by atoms with Crippen molar-refractivity contribution in [2.75, 3.05) is 13.1 Å². The van der Waals surface area contributed by atoms with E-state index in [4.69, 9.17) is 15.3 Å². The molecular weight excluding hydrogens is 322 g/mol. The zero-order chi connectivity index (χ0) is 18.6. The summed E-state index contributed by atoms with van der Waals surface area (Å²) in [4.78, 5) is 25.8. The van der Waals surface area contributed by atoms with Crippen LogP contribution in [0.2, 0.25) is 0 Å². The molecule has 0 atom stereocenters. The minimum absolute atomic E-state index is 0.0650. The number of hydrazine groups is 1. The third-order valence-corrected chi connectivity index (χ3v) is 3.98. The highest BCUT2D eigenvalue weighted by Gasteiger charge is 2.28. The van der Waals surface area contributed by atoms with Crippen LogP contribution >= 0.6 is 0 Å². The molecular formula is C18H27N3O4. The molecule has 1 saturated heterocycles. The molecule has 7 heteroatoms. The van der Waals surface area contributed by atoms with Gasteiger partial charge in [0.05, 0.1) is 5.56 Å². The number of hydrogen-bond acceptors (Lipinski definition) is 5. The maximum absolute atomic E-state index is 12.1. The second-order valence-corrected chi connectivity index (χ2v) is 7.21. The number of ether oxygens (including phenoxy) is 2. The van der Waals surface area contributed by atoms with Gasteiger partial charge in [0.1, 0.15) is 17.5 Å². The van der Waals surface area contributed by atoms with Crippen LogP contribution in [0, 0.1) is 6.92 Å². The predicted octanol–water partition coefficient (Wildman–Crippen LogP) is 2.38. The summed E-state index contributed by atoms with van der Waals surface area (Å²) in [7, 11) is 0. The normalized spacial score (nSPS) is 15.6. The highest BCUT2D eigenvalue weighted by Crippen LogP contribution is 2.26. The van der Waals surface area contributed by atoms with Crippen LogP contribution in [0.25, 0.3) is 0 Å². The van der Waals surface area contributed by atoms with Gasteiger partial charge in [0.2, 0.25) is 0 Å². The Kier molecular flexibility index (Phi) is 5.89. The van der Waals surface area contributed by atoms with Crippen molar-refractivity contribution in [1.29, 1.82) is 0 Å². The number of nitrogens with one attached hydrogen (secondary N) is 1. The lowest BCUT2D eigenvalue weighted by Gasteiger charge is -2.33. The van der Waals surface area contributed by atoms with Crippen molar-refractivity contribution in [2.24, 2.45) is 5.84 Å². The van der Waals surface area contributed by atoms with E-state index in [0.29, 0.717) is 37.2 Å². The van der Waals surface area contributed by atoms with Crippen LogP contribution in [0.1, 0.15) is 49.5 Å². The van der Waals surface area contributed by atoms with Gasteiger partial charge in [-0.2, -0.15) is 0 Å². The number of rotatable bonds is 3. The van der Waals surface area contributed by atoms with Crippen LogP contribution in [0.15, 0.2) is 18.2 Å². The van der Waals surface area contributed by atoms with Gasteiger partial charge in [-0.25, -0.2) is 10.6 Å². The number of nitrogens with two attached hydrogens (primary N) is 1. The molecule has 0 aromatic heterocycles. The van der Waals surface area contributed by atoms with E-state index in [0.717, 1.165) is 5.56 Å². The van der Waals surface area contributed by atoms with Gasteiger partial charge in [-0.15, -0.1) is 0 Å². The number of carbonyl (C=O) groups is 2. The molecule has 0 unspecified atom stereocenters. The summed E-state index contributed by atoms with van der Waals surface area (Å²) in [6.07, 6.45) is 0.989. The third-order valence-electron chi connectivity index (χ3n) is 3.98. The minimum Gasteiger partial charge on any atom is -0.489 e. The molecule has 1 heterocycles. The Morgan fingerprint density at radius 2 is 1.88 bits per heavy atom. The lowest BCUT2D eigenvalue weighted by molar-refractivity contribution is 0.0126. The van der Waals surface area contributed by atoms with E-state index in [1.165, 1.54) is 0 Å². The lowest BCUT2D eigenvalue weighted by Crippen LogP contribution is -2.44. The largest absolute Gasteiger partial charge is 0.489 e. The Morgan fingerprint density at radius 3 is 2.44 bits per heavy atom. The van der Waals surface area contributed by atoms with Crippen molar-refractivity contribution >= 4 is 12.0 Å². The Hall–Kier alpha value is -2.28. The Bertz CT molecular complexity index is 632. The average Bonchev–Trinajstić information content (AvgIpc) is 2.53. The standard InChI is InChI=1S/C18H27N3O4/c1-12-6-5-7-14(15(12)16(22)20-19)24-13-8-10-21(11-9-13)17(23)25-18(2,3)4/h5-7,13H,8-11,19H2,1-4H3,(H,20,22). The van der Waals surface area contributed by atoms with Crippen molar-refractivity contribution in [3.05, 3.63) is 29.3 Å². The third kappa shape index (κ3) is 5.09. The number of nitrogen functional groups attached to an aromatic ring is 1. The molecule has 2 amide bonds. The van der Waals surface area contributed by atoms with E-state index in [1.807, 2.05) is 39.8 Å². The summed E-state index contributed by atoms with van der Waals surface area (Å²) < 4.78 is 11.4. The monoisotopic (exact) mass is 349 g/mol. The number of amides is 2. The molecule has 25 heavy (non-hydrogen) atoms. The maximum atomic E-state index is 12.1. The summed E-state index contributed by atoms with van der Waals surface area (Å²) in [5.74, 6) is 5.40. The number of aryl methyl sites for hydroxylation is 1. The molecule has 0 saturated carbocycles. The lowest BCUT2D eigenvalue weighted by atomic mass is 10.1. The number of hydrogen-bond donors (Lipinski definition) is 2. The van der Waals surface area contributed by atoms with Crippen molar-refractivity contribution < 1.29 is 19.1 Å². The van der Waals surface area contributed by atoms with Crippen LogP contribution in [-0.2, 0) is 4.74 Å². The summed E-state index contributed by atoms with van der Waals surface area (Å²) >= 11 is 0. The topological polar surface area (TPSA) is 93.9 Å². The number of nitrogens with zero attached hydrogens (tertiary/aromatic N) is 1. The Labute approximate surface area is 148 Å². The van der Waals surface area contributed by atoms with E-state index in [2.05, 4.69) is 5.43 Å². The van der Waals surface area contributed by atoms with Gasteiger partial charge in [0.15, 0.2) is 0 Å². The zero-order valence-corrected chi connectivity index (χ0v) is 15.3. The quantitative estimate of drug-likeness (QED) is 0.496. The maximum Gasteiger partial charge on any atom is 0.410 e. The van der Waals surface area contributed by atoms with Gasteiger partial charge in [-0.1, -0.05) is 12.1 Å². The fourth-order valence-electron chi connectivity index (χ4n) is 2.76. The highest BCUT2D eigenvalue weighted by molar-refractivity contribution is 5.98. The van der Waals surface area contributed by atoms with Crippen molar-refractivity contribution in [2.45, 2.75) is 52.2 Å². The molecule has 1 aromatic carbocycles. The average molecular weight is 349 g/mol. The molecule has 0 aliphatic carbocycles. The zero-order valence-electron chi connectivity index (χ0n) is 15.3. The summed E-state index contributed by atoms with van der Waals surface area (Å²) in [5.41, 5.74) is 2.89. The molecule has 1 aliphatic rings. The fraction of sp³-hybridized carbons (Fsp3) is 0.556. The number of piperidine rings is 1. The van der Waals surface area contributed by atoms with Crippen LogP contribution < -0.4 is 16.0 Å². The van der Waals surface area contributed by atoms with E-state index < -0.39 is 5.60 Å². The minimum atomic E-state index is -0.503. The number of likely N-dealkylation sites (tertiary alicyclic amines) is 1. The first-order chi connectivity index (χ1) is 11.7. The van der Waals surface area contributed by atoms with Gasteiger partial charge >= 0.3 is 6.09 Å².